The van der Waals surface area contributed by atoms with Crippen LogP contribution >= 0.6 is 11.8 Å². The maximum absolute atomic E-state index is 10.8. The van der Waals surface area contributed by atoms with Gasteiger partial charge in [-0.05, 0) is 19.2 Å². The number of nitrogens with zero attached hydrogens (tertiary/aromatic N) is 2. The molecular formula is C10H10N2OS. The van der Waals surface area contributed by atoms with Crippen LogP contribution in [0.25, 0.3) is 5.52 Å². The van der Waals surface area contributed by atoms with E-state index in [2.05, 4.69) is 4.98 Å². The molecule has 0 saturated heterocycles. The summed E-state index contributed by atoms with van der Waals surface area (Å²) in [6.45, 7) is 1.93. The van der Waals surface area contributed by atoms with Gasteiger partial charge in [0.2, 0.25) is 0 Å². The zero-order chi connectivity index (χ0) is 10.1. The summed E-state index contributed by atoms with van der Waals surface area (Å²) in [5.74, 6) is 0. The first-order valence-electron chi connectivity index (χ1n) is 4.23. The smallest absolute Gasteiger partial charge is 0.151 e. The van der Waals surface area contributed by atoms with E-state index in [9.17, 15) is 4.79 Å². The minimum atomic E-state index is 0.730. The van der Waals surface area contributed by atoms with E-state index in [1.54, 1.807) is 18.0 Å². The van der Waals surface area contributed by atoms with Crippen LogP contribution in [0.1, 0.15) is 16.1 Å². The van der Waals surface area contributed by atoms with E-state index < -0.39 is 0 Å². The molecule has 0 aliphatic heterocycles. The number of thioether (sulfide) groups is 1. The van der Waals surface area contributed by atoms with Crippen molar-refractivity contribution in [1.82, 2.24) is 9.38 Å². The van der Waals surface area contributed by atoms with Gasteiger partial charge in [-0.2, -0.15) is 0 Å². The Balaban J connectivity index is 2.83. The van der Waals surface area contributed by atoms with Gasteiger partial charge >= 0.3 is 0 Å². The van der Waals surface area contributed by atoms with Gasteiger partial charge in [0.15, 0.2) is 6.29 Å². The lowest BCUT2D eigenvalue weighted by Gasteiger charge is -2.00. The maximum Gasteiger partial charge on any atom is 0.151 e. The molecule has 0 radical (unpaired) electrons. The predicted octanol–water partition coefficient (Wildman–Crippen LogP) is 2.18. The van der Waals surface area contributed by atoms with Crippen molar-refractivity contribution < 1.29 is 4.79 Å². The standard InChI is InChI=1S/C10H10N2OS/c1-7-8(6-13)5-9-10(14-2)11-3-4-12(7)9/h3-6H,1-2H3. The number of hydrogen-bond acceptors (Lipinski definition) is 3. The van der Waals surface area contributed by atoms with Crippen molar-refractivity contribution in [3.8, 4) is 0 Å². The first-order valence-corrected chi connectivity index (χ1v) is 5.46. The van der Waals surface area contributed by atoms with Gasteiger partial charge < -0.3 is 4.40 Å². The summed E-state index contributed by atoms with van der Waals surface area (Å²) in [5.41, 5.74) is 2.70. The van der Waals surface area contributed by atoms with Crippen molar-refractivity contribution in [2.45, 2.75) is 11.9 Å². The molecule has 0 N–H and O–H groups in total. The molecule has 72 valence electrons. The van der Waals surface area contributed by atoms with Crippen molar-refractivity contribution in [2.75, 3.05) is 6.26 Å². The molecule has 0 spiro atoms. The molecule has 2 aromatic rings. The van der Waals surface area contributed by atoms with Crippen LogP contribution in [0.5, 0.6) is 0 Å². The highest BCUT2D eigenvalue weighted by Gasteiger charge is 2.08. The Bertz CT molecular complexity index is 490. The number of carbonyl (C=O) groups is 1. The molecule has 3 nitrogen and oxygen atoms in total. The highest BCUT2D eigenvalue weighted by atomic mass is 32.2. The summed E-state index contributed by atoms with van der Waals surface area (Å²) < 4.78 is 1.99. The largest absolute Gasteiger partial charge is 0.316 e. The molecule has 0 atom stereocenters. The second kappa shape index (κ2) is 3.46. The van der Waals surface area contributed by atoms with Crippen LogP contribution < -0.4 is 0 Å². The third-order valence-corrected chi connectivity index (χ3v) is 2.98. The van der Waals surface area contributed by atoms with Crippen LogP contribution in [0, 0.1) is 6.92 Å². The molecule has 2 heterocycles. The average Bonchev–Trinajstić information content (AvgIpc) is 2.55. The highest BCUT2D eigenvalue weighted by molar-refractivity contribution is 7.98. The van der Waals surface area contributed by atoms with Gasteiger partial charge in [0.1, 0.15) is 5.03 Å². The number of carbonyl (C=O) groups excluding carboxylic acids is 1. The summed E-state index contributed by atoms with van der Waals surface area (Å²) >= 11 is 1.58. The fourth-order valence-electron chi connectivity index (χ4n) is 1.51. The van der Waals surface area contributed by atoms with Crippen LogP contribution in [-0.4, -0.2) is 21.9 Å². The second-order valence-corrected chi connectivity index (χ2v) is 3.79. The average molecular weight is 206 g/mol. The summed E-state index contributed by atoms with van der Waals surface area (Å²) in [6.07, 6.45) is 6.48. The predicted molar refractivity (Wildman–Crippen MR) is 57.1 cm³/mol. The molecule has 0 unspecified atom stereocenters. The SMILES string of the molecule is CSc1nccn2c(C)c(C=O)cc12. The molecule has 0 bridgehead atoms. The molecule has 0 aliphatic carbocycles. The number of rotatable bonds is 2. The molecule has 0 amide bonds. The lowest BCUT2D eigenvalue weighted by molar-refractivity contribution is 0.112. The number of hydrogen-bond donors (Lipinski definition) is 0. The van der Waals surface area contributed by atoms with Crippen molar-refractivity contribution in [2.24, 2.45) is 0 Å². The van der Waals surface area contributed by atoms with Crippen LogP contribution in [0.4, 0.5) is 0 Å². The third-order valence-electron chi connectivity index (χ3n) is 2.28. The highest BCUT2D eigenvalue weighted by Crippen LogP contribution is 2.22. The Hall–Kier alpha value is -1.29. The van der Waals surface area contributed by atoms with Crippen LogP contribution in [0.2, 0.25) is 0 Å². The van der Waals surface area contributed by atoms with Crippen molar-refractivity contribution >= 4 is 23.6 Å². The van der Waals surface area contributed by atoms with E-state index in [-0.39, 0.29) is 0 Å². The third kappa shape index (κ3) is 1.23. The summed E-state index contributed by atoms with van der Waals surface area (Å²) in [7, 11) is 0. The second-order valence-electron chi connectivity index (χ2n) is 2.99. The van der Waals surface area contributed by atoms with Crippen molar-refractivity contribution in [3.63, 3.8) is 0 Å². The Labute approximate surface area is 86.1 Å². The van der Waals surface area contributed by atoms with E-state index in [0.717, 1.165) is 28.1 Å². The zero-order valence-electron chi connectivity index (χ0n) is 8.02. The Morgan fingerprint density at radius 3 is 3.00 bits per heavy atom. The minimum Gasteiger partial charge on any atom is -0.316 e. The minimum absolute atomic E-state index is 0.730. The van der Waals surface area contributed by atoms with Crippen molar-refractivity contribution in [1.29, 1.82) is 0 Å². The van der Waals surface area contributed by atoms with Gasteiger partial charge in [0, 0.05) is 23.7 Å². The summed E-state index contributed by atoms with van der Waals surface area (Å²) in [5, 5.41) is 0.948. The topological polar surface area (TPSA) is 34.4 Å². The molecule has 2 aromatic heterocycles. The van der Waals surface area contributed by atoms with Crippen LogP contribution in [0.3, 0.4) is 0 Å². The first kappa shape index (κ1) is 9.27. The van der Waals surface area contributed by atoms with Gasteiger partial charge in [-0.3, -0.25) is 4.79 Å². The number of aryl methyl sites for hydroxylation is 1. The van der Waals surface area contributed by atoms with Crippen LogP contribution in [-0.2, 0) is 0 Å². The van der Waals surface area contributed by atoms with Gasteiger partial charge in [-0.25, -0.2) is 4.98 Å². The lowest BCUT2D eigenvalue weighted by Crippen LogP contribution is -1.90. The molecule has 0 aromatic carbocycles. The monoisotopic (exact) mass is 206 g/mol. The first-order chi connectivity index (χ1) is 6.77. The quantitative estimate of drug-likeness (QED) is 0.558. The van der Waals surface area contributed by atoms with Crippen LogP contribution in [0.15, 0.2) is 23.5 Å². The molecule has 0 saturated carbocycles. The number of fused-ring (bicyclic) bond motifs is 1. The summed E-state index contributed by atoms with van der Waals surface area (Å²) in [4.78, 5) is 15.0. The Morgan fingerprint density at radius 1 is 1.57 bits per heavy atom. The molecule has 2 rings (SSSR count). The van der Waals surface area contributed by atoms with E-state index in [4.69, 9.17) is 0 Å². The zero-order valence-corrected chi connectivity index (χ0v) is 8.84. The van der Waals surface area contributed by atoms with E-state index in [1.807, 2.05) is 29.8 Å². The fraction of sp³-hybridized carbons (Fsp3) is 0.200. The molecule has 14 heavy (non-hydrogen) atoms. The normalized spacial score (nSPS) is 10.7. The molecule has 0 aliphatic rings. The maximum atomic E-state index is 10.8. The van der Waals surface area contributed by atoms with E-state index >= 15 is 0 Å². The van der Waals surface area contributed by atoms with E-state index in [1.165, 1.54) is 0 Å². The fourth-order valence-corrected chi connectivity index (χ4v) is 2.04. The molecule has 0 fully saturated rings. The van der Waals surface area contributed by atoms with Gasteiger partial charge in [0.25, 0.3) is 0 Å². The lowest BCUT2D eigenvalue weighted by atomic mass is 10.3. The summed E-state index contributed by atoms with van der Waals surface area (Å²) in [6, 6.07) is 1.88. The number of aromatic nitrogens is 2. The van der Waals surface area contributed by atoms with Gasteiger partial charge in [0.05, 0.1) is 5.52 Å². The van der Waals surface area contributed by atoms with Gasteiger partial charge in [-0.15, -0.1) is 11.8 Å². The Kier molecular flexibility index (Phi) is 2.29. The van der Waals surface area contributed by atoms with Gasteiger partial charge in [-0.1, -0.05) is 0 Å². The number of aldehydes is 1. The van der Waals surface area contributed by atoms with Crippen molar-refractivity contribution in [3.05, 3.63) is 29.7 Å². The molecule has 4 heteroatoms. The molecular weight excluding hydrogens is 196 g/mol. The van der Waals surface area contributed by atoms with E-state index in [0.29, 0.717) is 0 Å². The Morgan fingerprint density at radius 2 is 2.36 bits per heavy atom.